The van der Waals surface area contributed by atoms with Crippen molar-refractivity contribution in [1.29, 1.82) is 0 Å². The summed E-state index contributed by atoms with van der Waals surface area (Å²) in [6.45, 7) is 4.29. The molecular weight excluding hydrogens is 356 g/mol. The van der Waals surface area contributed by atoms with Crippen LogP contribution in [0, 0.1) is 0 Å². The maximum absolute atomic E-state index is 12.3. The number of carbonyl (C=O) groups is 1. The van der Waals surface area contributed by atoms with E-state index in [1.54, 1.807) is 0 Å². The molecule has 1 heterocycles. The first-order valence-corrected chi connectivity index (χ1v) is 10.8. The zero-order valence-electron chi connectivity index (χ0n) is 17.0. The number of fused-ring (bicyclic) bond motifs is 2. The third kappa shape index (κ3) is 3.56. The van der Waals surface area contributed by atoms with E-state index in [4.69, 9.17) is 0 Å². The minimum Gasteiger partial charge on any atom is -0.370 e. The maximum Gasteiger partial charge on any atom is 0.163 e. The standard InChI is InChI=1S/C26H28N2O/c1-18(23-10-4-7-19-6-2-3-9-24(19)23)27-21-14-15-28(17-21)22-13-12-20-8-5-11-26(29)25(20)16-22/h2-4,6-7,9-10,12-13,16,18,21,27H,5,8,11,14-15,17H2,1H3/t18-,21+/m1/s1. The van der Waals surface area contributed by atoms with Gasteiger partial charge in [0.1, 0.15) is 0 Å². The molecule has 0 bridgehead atoms. The first-order chi connectivity index (χ1) is 14.2. The molecule has 1 fully saturated rings. The van der Waals surface area contributed by atoms with Crippen LogP contribution in [0.3, 0.4) is 0 Å². The molecule has 148 valence electrons. The molecule has 1 aliphatic heterocycles. The number of aryl methyl sites for hydroxylation is 1. The van der Waals surface area contributed by atoms with Crippen molar-refractivity contribution in [2.45, 2.75) is 44.7 Å². The van der Waals surface area contributed by atoms with Gasteiger partial charge in [-0.05, 0) is 60.2 Å². The van der Waals surface area contributed by atoms with E-state index >= 15 is 0 Å². The Morgan fingerprint density at radius 3 is 2.83 bits per heavy atom. The Morgan fingerprint density at radius 2 is 1.90 bits per heavy atom. The highest BCUT2D eigenvalue weighted by atomic mass is 16.1. The number of anilines is 1. The van der Waals surface area contributed by atoms with Gasteiger partial charge >= 0.3 is 0 Å². The van der Waals surface area contributed by atoms with E-state index in [1.807, 2.05) is 0 Å². The summed E-state index contributed by atoms with van der Waals surface area (Å²) in [7, 11) is 0. The third-order valence-corrected chi connectivity index (χ3v) is 6.57. The summed E-state index contributed by atoms with van der Waals surface area (Å²) in [5.41, 5.74) is 4.74. The average Bonchev–Trinajstić information content (AvgIpc) is 3.22. The van der Waals surface area contributed by atoms with Crippen LogP contribution in [-0.4, -0.2) is 24.9 Å². The molecule has 1 saturated heterocycles. The van der Waals surface area contributed by atoms with E-state index in [9.17, 15) is 4.79 Å². The Balaban J connectivity index is 1.30. The van der Waals surface area contributed by atoms with Crippen LogP contribution in [0.15, 0.2) is 60.7 Å². The summed E-state index contributed by atoms with van der Waals surface area (Å²) in [6, 6.07) is 22.4. The zero-order valence-corrected chi connectivity index (χ0v) is 17.0. The summed E-state index contributed by atoms with van der Waals surface area (Å²) < 4.78 is 0. The van der Waals surface area contributed by atoms with Gasteiger partial charge in [-0.3, -0.25) is 4.79 Å². The number of hydrogen-bond donors (Lipinski definition) is 1. The third-order valence-electron chi connectivity index (χ3n) is 6.57. The lowest BCUT2D eigenvalue weighted by molar-refractivity contribution is 0.0972. The van der Waals surface area contributed by atoms with Crippen LogP contribution >= 0.6 is 0 Å². The van der Waals surface area contributed by atoms with Gasteiger partial charge in [-0.2, -0.15) is 0 Å². The highest BCUT2D eigenvalue weighted by Gasteiger charge is 2.26. The summed E-state index contributed by atoms with van der Waals surface area (Å²) in [4.78, 5) is 14.7. The fourth-order valence-corrected chi connectivity index (χ4v) is 5.01. The summed E-state index contributed by atoms with van der Waals surface area (Å²) in [5, 5.41) is 6.48. The number of hydrogen-bond acceptors (Lipinski definition) is 3. The van der Waals surface area contributed by atoms with Crippen LogP contribution in [-0.2, 0) is 6.42 Å². The molecule has 3 aromatic rings. The molecule has 3 nitrogen and oxygen atoms in total. The van der Waals surface area contributed by atoms with Gasteiger partial charge in [-0.15, -0.1) is 0 Å². The number of nitrogens with zero attached hydrogens (tertiary/aromatic N) is 1. The van der Waals surface area contributed by atoms with Gasteiger partial charge in [-0.1, -0.05) is 48.5 Å². The fourth-order valence-electron chi connectivity index (χ4n) is 5.01. The van der Waals surface area contributed by atoms with Crippen LogP contribution in [0.5, 0.6) is 0 Å². The highest BCUT2D eigenvalue weighted by molar-refractivity contribution is 5.99. The molecule has 1 aliphatic carbocycles. The highest BCUT2D eigenvalue weighted by Crippen LogP contribution is 2.29. The smallest absolute Gasteiger partial charge is 0.163 e. The van der Waals surface area contributed by atoms with Crippen LogP contribution in [0.2, 0.25) is 0 Å². The van der Waals surface area contributed by atoms with Crippen molar-refractivity contribution in [3.63, 3.8) is 0 Å². The molecule has 2 aliphatic rings. The molecule has 0 unspecified atom stereocenters. The molecule has 3 aromatic carbocycles. The minimum atomic E-state index is 0.302. The van der Waals surface area contributed by atoms with Gasteiger partial charge in [-0.25, -0.2) is 0 Å². The number of rotatable bonds is 4. The Morgan fingerprint density at radius 1 is 1.03 bits per heavy atom. The van der Waals surface area contributed by atoms with E-state index in [-0.39, 0.29) is 0 Å². The predicted molar refractivity (Wildman–Crippen MR) is 120 cm³/mol. The van der Waals surface area contributed by atoms with Crippen LogP contribution in [0.25, 0.3) is 10.8 Å². The van der Waals surface area contributed by atoms with Crippen LogP contribution in [0.1, 0.15) is 53.7 Å². The van der Waals surface area contributed by atoms with E-state index in [0.29, 0.717) is 24.3 Å². The average molecular weight is 385 g/mol. The lowest BCUT2D eigenvalue weighted by atomic mass is 9.90. The van der Waals surface area contributed by atoms with E-state index in [0.717, 1.165) is 37.9 Å². The first kappa shape index (κ1) is 18.4. The molecule has 0 radical (unpaired) electrons. The van der Waals surface area contributed by atoms with Crippen molar-refractivity contribution in [1.82, 2.24) is 5.32 Å². The lowest BCUT2D eigenvalue weighted by Crippen LogP contribution is -2.34. The number of ketones is 1. The minimum absolute atomic E-state index is 0.302. The fraction of sp³-hybridized carbons (Fsp3) is 0.346. The summed E-state index contributed by atoms with van der Waals surface area (Å²) in [5.74, 6) is 0.312. The van der Waals surface area contributed by atoms with Gasteiger partial charge in [0.2, 0.25) is 0 Å². The van der Waals surface area contributed by atoms with Gasteiger partial charge in [0, 0.05) is 42.8 Å². The van der Waals surface area contributed by atoms with Crippen molar-refractivity contribution in [2.75, 3.05) is 18.0 Å². The molecule has 1 N–H and O–H groups in total. The number of benzene rings is 3. The second-order valence-electron chi connectivity index (χ2n) is 8.51. The van der Waals surface area contributed by atoms with Crippen molar-refractivity contribution in [2.24, 2.45) is 0 Å². The van der Waals surface area contributed by atoms with Crippen LogP contribution in [0.4, 0.5) is 5.69 Å². The molecular formula is C26H28N2O. The molecule has 0 spiro atoms. The largest absolute Gasteiger partial charge is 0.370 e. The molecule has 0 amide bonds. The second kappa shape index (κ2) is 7.64. The normalized spacial score (nSPS) is 20.1. The zero-order chi connectivity index (χ0) is 19.8. The first-order valence-electron chi connectivity index (χ1n) is 10.8. The van der Waals surface area contributed by atoms with Crippen molar-refractivity contribution in [3.8, 4) is 0 Å². The molecule has 0 saturated carbocycles. The number of nitrogens with one attached hydrogen (secondary N) is 1. The van der Waals surface area contributed by atoms with E-state index < -0.39 is 0 Å². The van der Waals surface area contributed by atoms with Crippen LogP contribution < -0.4 is 10.2 Å². The van der Waals surface area contributed by atoms with E-state index in [2.05, 4.69) is 77.8 Å². The van der Waals surface area contributed by atoms with E-state index in [1.165, 1.54) is 27.6 Å². The second-order valence-corrected chi connectivity index (χ2v) is 8.51. The van der Waals surface area contributed by atoms with Crippen molar-refractivity contribution in [3.05, 3.63) is 77.4 Å². The quantitative estimate of drug-likeness (QED) is 0.663. The van der Waals surface area contributed by atoms with Crippen molar-refractivity contribution >= 4 is 22.2 Å². The monoisotopic (exact) mass is 384 g/mol. The Labute approximate surface area is 172 Å². The number of Topliss-reactive ketones (excluding diaryl/α,β-unsaturated/α-hetero) is 1. The van der Waals surface area contributed by atoms with Crippen molar-refractivity contribution < 1.29 is 4.79 Å². The van der Waals surface area contributed by atoms with Gasteiger partial charge in [0.25, 0.3) is 0 Å². The SMILES string of the molecule is C[C@@H](N[C@H]1CCN(c2ccc3c(c2)C(=O)CCC3)C1)c1cccc2ccccc12. The van der Waals surface area contributed by atoms with Gasteiger partial charge in [0.05, 0.1) is 0 Å². The Kier molecular flexibility index (Phi) is 4.84. The molecule has 2 atom stereocenters. The van der Waals surface area contributed by atoms with Gasteiger partial charge in [0.15, 0.2) is 5.78 Å². The Hall–Kier alpha value is -2.65. The topological polar surface area (TPSA) is 32.3 Å². The molecule has 5 rings (SSSR count). The molecule has 3 heteroatoms. The predicted octanol–water partition coefficient (Wildman–Crippen LogP) is 5.29. The number of carbonyl (C=O) groups excluding carboxylic acids is 1. The molecule has 0 aromatic heterocycles. The maximum atomic E-state index is 12.3. The lowest BCUT2D eigenvalue weighted by Gasteiger charge is -2.24. The summed E-state index contributed by atoms with van der Waals surface area (Å²) >= 11 is 0. The Bertz CT molecular complexity index is 1050. The molecule has 29 heavy (non-hydrogen) atoms. The van der Waals surface area contributed by atoms with Gasteiger partial charge < -0.3 is 10.2 Å². The summed E-state index contributed by atoms with van der Waals surface area (Å²) in [6.07, 6.45) is 3.85.